The molecule has 1 aliphatic rings. The lowest BCUT2D eigenvalue weighted by molar-refractivity contribution is -0.149. The molecule has 0 spiro atoms. The van der Waals surface area contributed by atoms with Crippen molar-refractivity contribution in [2.75, 3.05) is 6.61 Å². The molecule has 1 rings (SSSR count). The first-order valence-corrected chi connectivity index (χ1v) is 6.19. The predicted molar refractivity (Wildman–Crippen MR) is 65.3 cm³/mol. The van der Waals surface area contributed by atoms with Crippen molar-refractivity contribution in [3.8, 4) is 0 Å². The third kappa shape index (κ3) is 3.32. The van der Waals surface area contributed by atoms with Gasteiger partial charge in [0.25, 0.3) is 0 Å². The van der Waals surface area contributed by atoms with Gasteiger partial charge in [-0.25, -0.2) is 4.79 Å². The van der Waals surface area contributed by atoms with E-state index in [-0.39, 0.29) is 17.8 Å². The summed E-state index contributed by atoms with van der Waals surface area (Å²) in [6.07, 6.45) is 6.79. The highest BCUT2D eigenvalue weighted by atomic mass is 16.5. The number of unbranched alkanes of at least 4 members (excludes halogenated alkanes) is 1. The molecular formula is C13H21NO3. The first-order valence-electron chi connectivity index (χ1n) is 6.19. The molecule has 1 amide bonds. The van der Waals surface area contributed by atoms with Crippen LogP contribution in [0.2, 0.25) is 0 Å². The fourth-order valence-electron chi connectivity index (χ4n) is 1.95. The third-order valence-corrected chi connectivity index (χ3v) is 2.88. The van der Waals surface area contributed by atoms with Gasteiger partial charge in [-0.05, 0) is 19.8 Å². The van der Waals surface area contributed by atoms with Gasteiger partial charge in [0.15, 0.2) is 0 Å². The van der Waals surface area contributed by atoms with Crippen LogP contribution in [0, 0.1) is 5.92 Å². The van der Waals surface area contributed by atoms with E-state index >= 15 is 0 Å². The van der Waals surface area contributed by atoms with Crippen molar-refractivity contribution in [2.45, 2.75) is 45.6 Å². The van der Waals surface area contributed by atoms with Gasteiger partial charge in [-0.1, -0.05) is 25.5 Å². The van der Waals surface area contributed by atoms with Crippen LogP contribution < -0.4 is 5.32 Å². The second-order valence-electron chi connectivity index (χ2n) is 4.40. The molecule has 4 nitrogen and oxygen atoms in total. The lowest BCUT2D eigenvalue weighted by Crippen LogP contribution is -2.44. The van der Waals surface area contributed by atoms with Gasteiger partial charge in [0.05, 0.1) is 6.61 Å². The molecule has 17 heavy (non-hydrogen) atoms. The van der Waals surface area contributed by atoms with Gasteiger partial charge >= 0.3 is 5.97 Å². The van der Waals surface area contributed by atoms with Crippen LogP contribution in [-0.4, -0.2) is 24.0 Å². The maximum atomic E-state index is 11.8. The Labute approximate surface area is 102 Å². The van der Waals surface area contributed by atoms with E-state index in [1.807, 2.05) is 6.08 Å². The summed E-state index contributed by atoms with van der Waals surface area (Å²) in [6, 6.07) is 0. The molecule has 1 aliphatic carbocycles. The molecule has 1 N–H and O–H groups in total. The van der Waals surface area contributed by atoms with Gasteiger partial charge < -0.3 is 10.1 Å². The van der Waals surface area contributed by atoms with Crippen LogP contribution in [0.1, 0.15) is 40.0 Å². The van der Waals surface area contributed by atoms with E-state index < -0.39 is 5.54 Å². The van der Waals surface area contributed by atoms with E-state index in [0.717, 1.165) is 12.8 Å². The zero-order valence-corrected chi connectivity index (χ0v) is 10.8. The van der Waals surface area contributed by atoms with Crippen LogP contribution in [0.3, 0.4) is 0 Å². The summed E-state index contributed by atoms with van der Waals surface area (Å²) in [7, 11) is 0. The van der Waals surface area contributed by atoms with Crippen LogP contribution in [-0.2, 0) is 14.3 Å². The number of rotatable bonds is 6. The van der Waals surface area contributed by atoms with Crippen LogP contribution in [0.15, 0.2) is 12.2 Å². The number of carbonyl (C=O) groups is 2. The zero-order valence-electron chi connectivity index (χ0n) is 10.8. The van der Waals surface area contributed by atoms with E-state index in [9.17, 15) is 9.59 Å². The number of esters is 1. The SMILES string of the molecule is CCCC=CC1CC1(NC(C)=O)C(=O)OCC. The van der Waals surface area contributed by atoms with Crippen molar-refractivity contribution in [2.24, 2.45) is 5.92 Å². The molecule has 0 saturated heterocycles. The topological polar surface area (TPSA) is 55.4 Å². The molecular weight excluding hydrogens is 218 g/mol. The van der Waals surface area contributed by atoms with Gasteiger partial charge in [-0.15, -0.1) is 0 Å². The maximum absolute atomic E-state index is 11.8. The molecule has 0 heterocycles. The zero-order chi connectivity index (χ0) is 12.9. The summed E-state index contributed by atoms with van der Waals surface area (Å²) in [6.45, 7) is 5.63. The van der Waals surface area contributed by atoms with Crippen LogP contribution in [0.5, 0.6) is 0 Å². The number of hydrogen-bond donors (Lipinski definition) is 1. The van der Waals surface area contributed by atoms with E-state index in [4.69, 9.17) is 4.74 Å². The summed E-state index contributed by atoms with van der Waals surface area (Å²) in [5.41, 5.74) is -0.800. The van der Waals surface area contributed by atoms with Crippen LogP contribution in [0.4, 0.5) is 0 Å². The largest absolute Gasteiger partial charge is 0.464 e. The highest BCUT2D eigenvalue weighted by Crippen LogP contribution is 2.45. The maximum Gasteiger partial charge on any atom is 0.332 e. The Balaban J connectivity index is 2.65. The number of nitrogens with one attached hydrogen (secondary N) is 1. The Bertz CT molecular complexity index is 325. The summed E-state index contributed by atoms with van der Waals surface area (Å²) >= 11 is 0. The van der Waals surface area contributed by atoms with Crippen molar-refractivity contribution >= 4 is 11.9 Å². The summed E-state index contributed by atoms with van der Waals surface area (Å²) in [4.78, 5) is 23.0. The second-order valence-corrected chi connectivity index (χ2v) is 4.40. The van der Waals surface area contributed by atoms with Crippen LogP contribution in [0.25, 0.3) is 0 Å². The quantitative estimate of drug-likeness (QED) is 0.568. The first kappa shape index (κ1) is 13.7. The van der Waals surface area contributed by atoms with E-state index in [1.165, 1.54) is 6.92 Å². The van der Waals surface area contributed by atoms with Gasteiger partial charge in [0, 0.05) is 12.8 Å². The van der Waals surface area contributed by atoms with Crippen molar-refractivity contribution in [3.05, 3.63) is 12.2 Å². The lowest BCUT2D eigenvalue weighted by Gasteiger charge is -2.15. The molecule has 1 fully saturated rings. The molecule has 2 atom stereocenters. The van der Waals surface area contributed by atoms with Gasteiger partial charge in [0.2, 0.25) is 5.91 Å². The first-order chi connectivity index (χ1) is 8.06. The second kappa shape index (κ2) is 5.84. The summed E-state index contributed by atoms with van der Waals surface area (Å²) < 4.78 is 5.02. The molecule has 0 aliphatic heterocycles. The van der Waals surface area contributed by atoms with Crippen molar-refractivity contribution in [1.82, 2.24) is 5.32 Å². The van der Waals surface area contributed by atoms with Gasteiger partial charge in [-0.2, -0.15) is 0 Å². The molecule has 0 aromatic heterocycles. The highest BCUT2D eigenvalue weighted by Gasteiger charge is 2.60. The molecule has 2 unspecified atom stereocenters. The van der Waals surface area contributed by atoms with E-state index in [0.29, 0.717) is 13.0 Å². The van der Waals surface area contributed by atoms with Gasteiger partial charge in [0.1, 0.15) is 5.54 Å². The number of hydrogen-bond acceptors (Lipinski definition) is 3. The molecule has 0 aromatic rings. The standard InChI is InChI=1S/C13H21NO3/c1-4-6-7-8-11-9-13(11,14-10(3)15)12(16)17-5-2/h7-8,11H,4-6,9H2,1-3H3,(H,14,15). The summed E-state index contributed by atoms with van der Waals surface area (Å²) in [5.74, 6) is -0.428. The molecule has 96 valence electrons. The van der Waals surface area contributed by atoms with Crippen LogP contribution >= 0.6 is 0 Å². The minimum absolute atomic E-state index is 0.0806. The Kier molecular flexibility index (Phi) is 4.73. The third-order valence-electron chi connectivity index (χ3n) is 2.88. The van der Waals surface area contributed by atoms with Gasteiger partial charge in [-0.3, -0.25) is 4.79 Å². The van der Waals surface area contributed by atoms with Crippen molar-refractivity contribution < 1.29 is 14.3 Å². The molecule has 1 saturated carbocycles. The molecule has 0 aromatic carbocycles. The minimum Gasteiger partial charge on any atom is -0.464 e. The van der Waals surface area contributed by atoms with Crippen molar-refractivity contribution in [1.29, 1.82) is 0 Å². The Morgan fingerprint density at radius 3 is 2.71 bits per heavy atom. The Morgan fingerprint density at radius 2 is 2.18 bits per heavy atom. The number of amides is 1. The highest BCUT2D eigenvalue weighted by molar-refractivity contribution is 5.91. The summed E-state index contributed by atoms with van der Waals surface area (Å²) in [5, 5.41) is 2.73. The van der Waals surface area contributed by atoms with E-state index in [2.05, 4.69) is 18.3 Å². The fourth-order valence-corrected chi connectivity index (χ4v) is 1.95. The van der Waals surface area contributed by atoms with E-state index in [1.54, 1.807) is 6.92 Å². The monoisotopic (exact) mass is 239 g/mol. The average molecular weight is 239 g/mol. The fraction of sp³-hybridized carbons (Fsp3) is 0.692. The smallest absolute Gasteiger partial charge is 0.332 e. The number of ether oxygens (including phenoxy) is 1. The predicted octanol–water partition coefficient (Wildman–Crippen LogP) is 1.80. The number of carbonyl (C=O) groups excluding carboxylic acids is 2. The molecule has 4 heteroatoms. The molecule has 0 radical (unpaired) electrons. The normalized spacial score (nSPS) is 26.9. The average Bonchev–Trinajstić information content (AvgIpc) is 2.93. The minimum atomic E-state index is -0.800. The molecule has 0 bridgehead atoms. The van der Waals surface area contributed by atoms with Crippen molar-refractivity contribution in [3.63, 3.8) is 0 Å². The number of allylic oxidation sites excluding steroid dienone is 1. The lowest BCUT2D eigenvalue weighted by atomic mass is 10.1. The Hall–Kier alpha value is -1.32. The Morgan fingerprint density at radius 1 is 1.47 bits per heavy atom.